The van der Waals surface area contributed by atoms with Crippen LogP contribution >= 0.6 is 0 Å². The van der Waals surface area contributed by atoms with E-state index in [1.54, 1.807) is 12.4 Å². The summed E-state index contributed by atoms with van der Waals surface area (Å²) in [6.07, 6.45) is 5.44. The zero-order valence-electron chi connectivity index (χ0n) is 9.84. The molecule has 1 atom stereocenters. The number of aliphatic hydroxyl groups is 1. The van der Waals surface area contributed by atoms with Gasteiger partial charge in [-0.15, -0.1) is 0 Å². The van der Waals surface area contributed by atoms with Gasteiger partial charge in [0.1, 0.15) is 0 Å². The van der Waals surface area contributed by atoms with E-state index in [2.05, 4.69) is 20.3 Å². The Hall–Kier alpha value is -1.24. The molecule has 1 fully saturated rings. The van der Waals surface area contributed by atoms with Gasteiger partial charge in [-0.05, 0) is 25.3 Å². The summed E-state index contributed by atoms with van der Waals surface area (Å²) in [6, 6.07) is 0. The number of nitrogen functional groups attached to an aromatic ring is 1. The summed E-state index contributed by atoms with van der Waals surface area (Å²) >= 11 is 0. The molecule has 1 unspecified atom stereocenters. The average molecular weight is 237 g/mol. The summed E-state index contributed by atoms with van der Waals surface area (Å²) in [5.74, 6) is 6.43. The van der Waals surface area contributed by atoms with Crippen LogP contribution in [-0.4, -0.2) is 39.7 Å². The van der Waals surface area contributed by atoms with E-state index in [0.29, 0.717) is 11.7 Å². The first kappa shape index (κ1) is 12.2. The molecule has 94 valence electrons. The first-order chi connectivity index (χ1) is 8.31. The number of anilines is 1. The van der Waals surface area contributed by atoms with Crippen LogP contribution in [0.2, 0.25) is 0 Å². The average Bonchev–Trinajstić information content (AvgIpc) is 2.78. The summed E-state index contributed by atoms with van der Waals surface area (Å²) < 4.78 is 0. The van der Waals surface area contributed by atoms with E-state index in [1.165, 1.54) is 0 Å². The van der Waals surface area contributed by atoms with Crippen LogP contribution in [0.4, 0.5) is 5.82 Å². The van der Waals surface area contributed by atoms with Crippen molar-refractivity contribution in [2.24, 2.45) is 11.8 Å². The van der Waals surface area contributed by atoms with Crippen molar-refractivity contribution in [3.63, 3.8) is 0 Å². The van der Waals surface area contributed by atoms with Crippen LogP contribution in [0.3, 0.4) is 0 Å². The van der Waals surface area contributed by atoms with Crippen LogP contribution in [0, 0.1) is 5.92 Å². The van der Waals surface area contributed by atoms with Crippen molar-refractivity contribution in [2.75, 3.05) is 25.1 Å². The second-order valence-corrected chi connectivity index (χ2v) is 4.44. The maximum Gasteiger partial charge on any atom is 0.158 e. The monoisotopic (exact) mass is 237 g/mol. The van der Waals surface area contributed by atoms with Crippen molar-refractivity contribution >= 4 is 5.82 Å². The molecule has 0 aromatic carbocycles. The number of rotatable bonds is 5. The molecule has 0 amide bonds. The zero-order chi connectivity index (χ0) is 12.1. The van der Waals surface area contributed by atoms with Gasteiger partial charge < -0.3 is 10.5 Å². The first-order valence-corrected chi connectivity index (χ1v) is 5.92. The molecule has 1 aliphatic heterocycles. The van der Waals surface area contributed by atoms with E-state index in [9.17, 15) is 0 Å². The third-order valence-electron chi connectivity index (χ3n) is 3.15. The lowest BCUT2D eigenvalue weighted by Crippen LogP contribution is -2.21. The standard InChI is InChI=1S/C11H19N5O/c12-15-11-6-13-10(5-14-11)8-16-3-1-9(7-16)2-4-17/h5-6,9,17H,1-4,7-8,12H2,(H,14,15). The molecule has 6 heteroatoms. The summed E-state index contributed by atoms with van der Waals surface area (Å²) in [5.41, 5.74) is 3.41. The highest BCUT2D eigenvalue weighted by Crippen LogP contribution is 2.20. The normalized spacial score (nSPS) is 20.7. The number of aromatic nitrogens is 2. The van der Waals surface area contributed by atoms with Crippen LogP contribution < -0.4 is 11.3 Å². The Kier molecular flexibility index (Phi) is 4.24. The number of hydrogen-bond donors (Lipinski definition) is 3. The summed E-state index contributed by atoms with van der Waals surface area (Å²) in [4.78, 5) is 10.8. The fourth-order valence-corrected chi connectivity index (χ4v) is 2.21. The number of aliphatic hydroxyl groups excluding tert-OH is 1. The van der Waals surface area contributed by atoms with Crippen molar-refractivity contribution in [3.8, 4) is 0 Å². The molecule has 0 bridgehead atoms. The van der Waals surface area contributed by atoms with E-state index in [0.717, 1.165) is 38.2 Å². The first-order valence-electron chi connectivity index (χ1n) is 5.92. The van der Waals surface area contributed by atoms with Gasteiger partial charge in [-0.3, -0.25) is 9.88 Å². The van der Waals surface area contributed by atoms with Crippen molar-refractivity contribution < 1.29 is 5.11 Å². The van der Waals surface area contributed by atoms with Crippen LogP contribution in [0.15, 0.2) is 12.4 Å². The lowest BCUT2D eigenvalue weighted by Gasteiger charge is -2.15. The number of nitrogens with zero attached hydrogens (tertiary/aromatic N) is 3. The number of hydrazine groups is 1. The highest BCUT2D eigenvalue weighted by atomic mass is 16.3. The quantitative estimate of drug-likeness (QED) is 0.492. The second kappa shape index (κ2) is 5.90. The molecule has 1 saturated heterocycles. The van der Waals surface area contributed by atoms with Crippen molar-refractivity contribution in [2.45, 2.75) is 19.4 Å². The summed E-state index contributed by atoms with van der Waals surface area (Å²) in [6.45, 7) is 3.22. The Bertz CT molecular complexity index is 342. The molecule has 0 aliphatic carbocycles. The van der Waals surface area contributed by atoms with Gasteiger partial charge in [0.15, 0.2) is 5.82 Å². The third-order valence-corrected chi connectivity index (χ3v) is 3.15. The molecule has 0 spiro atoms. The molecule has 1 aromatic rings. The molecule has 1 aliphatic rings. The van der Waals surface area contributed by atoms with Gasteiger partial charge in [0.25, 0.3) is 0 Å². The van der Waals surface area contributed by atoms with Gasteiger partial charge in [-0.1, -0.05) is 0 Å². The predicted molar refractivity (Wildman–Crippen MR) is 64.9 cm³/mol. The number of nitrogens with two attached hydrogens (primary N) is 1. The minimum atomic E-state index is 0.287. The van der Waals surface area contributed by atoms with Gasteiger partial charge in [0.05, 0.1) is 18.1 Å². The number of nitrogens with one attached hydrogen (secondary N) is 1. The largest absolute Gasteiger partial charge is 0.396 e. The summed E-state index contributed by atoms with van der Waals surface area (Å²) in [7, 11) is 0. The molecule has 0 radical (unpaired) electrons. The van der Waals surface area contributed by atoms with Crippen molar-refractivity contribution in [1.29, 1.82) is 0 Å². The maximum absolute atomic E-state index is 8.90. The third kappa shape index (κ3) is 3.36. The van der Waals surface area contributed by atoms with Crippen molar-refractivity contribution in [3.05, 3.63) is 18.1 Å². The minimum Gasteiger partial charge on any atom is -0.396 e. The van der Waals surface area contributed by atoms with Gasteiger partial charge in [0, 0.05) is 19.7 Å². The van der Waals surface area contributed by atoms with Gasteiger partial charge in [-0.25, -0.2) is 10.8 Å². The molecule has 1 aromatic heterocycles. The Morgan fingerprint density at radius 2 is 2.35 bits per heavy atom. The molecule has 0 saturated carbocycles. The van der Waals surface area contributed by atoms with E-state index in [4.69, 9.17) is 10.9 Å². The lowest BCUT2D eigenvalue weighted by molar-refractivity contribution is 0.249. The SMILES string of the molecule is NNc1cnc(CN2CCC(CCO)C2)cn1. The van der Waals surface area contributed by atoms with Gasteiger partial charge in [0.2, 0.25) is 0 Å². The van der Waals surface area contributed by atoms with E-state index in [1.807, 2.05) is 0 Å². The number of likely N-dealkylation sites (tertiary alicyclic amines) is 1. The molecular formula is C11H19N5O. The minimum absolute atomic E-state index is 0.287. The Morgan fingerprint density at radius 1 is 1.47 bits per heavy atom. The maximum atomic E-state index is 8.90. The van der Waals surface area contributed by atoms with Crippen LogP contribution in [-0.2, 0) is 6.54 Å². The topological polar surface area (TPSA) is 87.3 Å². The van der Waals surface area contributed by atoms with Crippen LogP contribution in [0.1, 0.15) is 18.5 Å². The van der Waals surface area contributed by atoms with Gasteiger partial charge in [-0.2, -0.15) is 0 Å². The van der Waals surface area contributed by atoms with Crippen molar-refractivity contribution in [1.82, 2.24) is 14.9 Å². The van der Waals surface area contributed by atoms with Crippen LogP contribution in [0.5, 0.6) is 0 Å². The fourth-order valence-electron chi connectivity index (χ4n) is 2.21. The zero-order valence-corrected chi connectivity index (χ0v) is 9.84. The molecule has 17 heavy (non-hydrogen) atoms. The fraction of sp³-hybridized carbons (Fsp3) is 0.636. The molecule has 4 N–H and O–H groups in total. The van der Waals surface area contributed by atoms with E-state index >= 15 is 0 Å². The summed E-state index contributed by atoms with van der Waals surface area (Å²) in [5, 5.41) is 8.90. The molecular weight excluding hydrogens is 218 g/mol. The van der Waals surface area contributed by atoms with Crippen LogP contribution in [0.25, 0.3) is 0 Å². The highest BCUT2D eigenvalue weighted by molar-refractivity contribution is 5.28. The highest BCUT2D eigenvalue weighted by Gasteiger charge is 2.22. The second-order valence-electron chi connectivity index (χ2n) is 4.44. The smallest absolute Gasteiger partial charge is 0.158 e. The molecule has 6 nitrogen and oxygen atoms in total. The number of hydrogen-bond acceptors (Lipinski definition) is 6. The van der Waals surface area contributed by atoms with E-state index in [-0.39, 0.29) is 6.61 Å². The van der Waals surface area contributed by atoms with Gasteiger partial charge >= 0.3 is 0 Å². The van der Waals surface area contributed by atoms with E-state index < -0.39 is 0 Å². The Labute approximate surface area is 101 Å². The molecule has 2 rings (SSSR count). The lowest BCUT2D eigenvalue weighted by atomic mass is 10.1. The Balaban J connectivity index is 1.84. The Morgan fingerprint density at radius 3 is 3.00 bits per heavy atom. The molecule has 2 heterocycles. The predicted octanol–water partition coefficient (Wildman–Crippen LogP) is -0.0335.